The number of nitrogens with one attached hydrogen (secondary N) is 1. The van der Waals surface area contributed by atoms with Crippen LogP contribution >= 0.6 is 11.3 Å². The largest absolute Gasteiger partial charge is 0.451 e. The molecule has 0 unspecified atom stereocenters. The number of fused-ring (bicyclic) bond motifs is 1. The zero-order valence-electron chi connectivity index (χ0n) is 12.6. The molecule has 4 aromatic rings. The Bertz CT molecular complexity index is 959. The van der Waals surface area contributed by atoms with Gasteiger partial charge >= 0.3 is 0 Å². The minimum absolute atomic E-state index is 0.260. The number of aromatic nitrogens is 2. The van der Waals surface area contributed by atoms with Gasteiger partial charge < -0.3 is 4.42 Å². The van der Waals surface area contributed by atoms with Crippen LogP contribution in [-0.2, 0) is 6.42 Å². The highest BCUT2D eigenvalue weighted by Crippen LogP contribution is 2.22. The zero-order chi connectivity index (χ0) is 16.4. The normalized spacial score (nSPS) is 10.8. The van der Waals surface area contributed by atoms with Gasteiger partial charge in [-0.15, -0.1) is 10.2 Å². The van der Waals surface area contributed by atoms with E-state index in [0.717, 1.165) is 16.0 Å². The van der Waals surface area contributed by atoms with Crippen LogP contribution in [-0.4, -0.2) is 16.1 Å². The maximum atomic E-state index is 12.3. The van der Waals surface area contributed by atoms with Gasteiger partial charge in [0.05, 0.1) is 0 Å². The van der Waals surface area contributed by atoms with E-state index in [1.54, 1.807) is 6.07 Å². The van der Waals surface area contributed by atoms with Gasteiger partial charge in [0.25, 0.3) is 5.91 Å². The molecule has 2 aromatic heterocycles. The Morgan fingerprint density at radius 3 is 2.67 bits per heavy atom. The van der Waals surface area contributed by atoms with Gasteiger partial charge in [0, 0.05) is 11.8 Å². The van der Waals surface area contributed by atoms with Crippen molar-refractivity contribution < 1.29 is 9.21 Å². The van der Waals surface area contributed by atoms with Crippen LogP contribution < -0.4 is 5.32 Å². The van der Waals surface area contributed by atoms with Gasteiger partial charge in [0.2, 0.25) is 5.13 Å². The molecule has 0 aliphatic carbocycles. The highest BCUT2D eigenvalue weighted by Gasteiger charge is 2.14. The first-order valence-corrected chi connectivity index (χ1v) is 8.26. The Labute approximate surface area is 142 Å². The standard InChI is InChI=1S/C18H13N3O2S/c22-17(15-11-13-8-4-5-9-14(13)23-15)19-18-21-20-16(24-18)10-12-6-2-1-3-7-12/h1-9,11H,10H2,(H,19,21,22). The summed E-state index contributed by atoms with van der Waals surface area (Å²) >= 11 is 1.36. The van der Waals surface area contributed by atoms with E-state index < -0.39 is 0 Å². The second-order valence-electron chi connectivity index (χ2n) is 5.27. The predicted octanol–water partition coefficient (Wildman–Crippen LogP) is 4.13. The van der Waals surface area contributed by atoms with E-state index in [4.69, 9.17) is 4.42 Å². The number of carbonyl (C=O) groups excluding carboxylic acids is 1. The summed E-state index contributed by atoms with van der Waals surface area (Å²) in [5.41, 5.74) is 1.84. The van der Waals surface area contributed by atoms with Crippen LogP contribution in [0.4, 0.5) is 5.13 Å². The fraction of sp³-hybridized carbons (Fsp3) is 0.0556. The molecule has 5 nitrogen and oxygen atoms in total. The number of nitrogens with zero attached hydrogens (tertiary/aromatic N) is 2. The number of hydrogen-bond acceptors (Lipinski definition) is 5. The Morgan fingerprint density at radius 2 is 1.83 bits per heavy atom. The number of hydrogen-bond donors (Lipinski definition) is 1. The van der Waals surface area contributed by atoms with Gasteiger partial charge in [-0.05, 0) is 17.7 Å². The maximum Gasteiger partial charge on any atom is 0.293 e. The van der Waals surface area contributed by atoms with E-state index in [2.05, 4.69) is 15.5 Å². The number of rotatable bonds is 4. The molecule has 0 bridgehead atoms. The van der Waals surface area contributed by atoms with Crippen molar-refractivity contribution in [1.82, 2.24) is 10.2 Å². The number of benzene rings is 2. The molecule has 0 aliphatic heterocycles. The molecule has 0 spiro atoms. The summed E-state index contributed by atoms with van der Waals surface area (Å²) in [6.45, 7) is 0. The monoisotopic (exact) mass is 335 g/mol. The molecule has 0 atom stereocenters. The van der Waals surface area contributed by atoms with Crippen LogP contribution in [0.3, 0.4) is 0 Å². The molecule has 24 heavy (non-hydrogen) atoms. The third-order valence-electron chi connectivity index (χ3n) is 3.53. The van der Waals surface area contributed by atoms with Crippen LogP contribution in [0.5, 0.6) is 0 Å². The summed E-state index contributed by atoms with van der Waals surface area (Å²) in [4.78, 5) is 12.3. The lowest BCUT2D eigenvalue weighted by Crippen LogP contribution is -2.10. The quantitative estimate of drug-likeness (QED) is 0.609. The van der Waals surface area contributed by atoms with Gasteiger partial charge in [0.1, 0.15) is 10.6 Å². The molecule has 0 aliphatic rings. The number of amides is 1. The average Bonchev–Trinajstić information content (AvgIpc) is 3.22. The minimum Gasteiger partial charge on any atom is -0.451 e. The number of furan rings is 1. The summed E-state index contributed by atoms with van der Waals surface area (Å²) in [5, 5.41) is 13.1. The molecular formula is C18H13N3O2S. The van der Waals surface area contributed by atoms with Crippen molar-refractivity contribution in [2.45, 2.75) is 6.42 Å². The van der Waals surface area contributed by atoms with Gasteiger partial charge in [-0.3, -0.25) is 10.1 Å². The van der Waals surface area contributed by atoms with Crippen molar-refractivity contribution in [3.8, 4) is 0 Å². The fourth-order valence-electron chi connectivity index (χ4n) is 2.40. The van der Waals surface area contributed by atoms with Crippen molar-refractivity contribution in [3.05, 3.63) is 77.0 Å². The molecule has 0 radical (unpaired) electrons. The van der Waals surface area contributed by atoms with Crippen molar-refractivity contribution in [2.24, 2.45) is 0 Å². The van der Waals surface area contributed by atoms with Crippen LogP contribution in [0, 0.1) is 0 Å². The molecule has 1 amide bonds. The summed E-state index contributed by atoms with van der Waals surface area (Å²) in [6, 6.07) is 19.2. The number of carbonyl (C=O) groups is 1. The third kappa shape index (κ3) is 3.04. The maximum absolute atomic E-state index is 12.3. The highest BCUT2D eigenvalue weighted by molar-refractivity contribution is 7.15. The molecule has 0 saturated carbocycles. The zero-order valence-corrected chi connectivity index (χ0v) is 13.4. The molecule has 118 valence electrons. The van der Waals surface area contributed by atoms with E-state index in [9.17, 15) is 4.79 Å². The predicted molar refractivity (Wildman–Crippen MR) is 93.3 cm³/mol. The molecule has 6 heteroatoms. The first-order chi connectivity index (χ1) is 11.8. The van der Waals surface area contributed by atoms with E-state index in [0.29, 0.717) is 17.1 Å². The lowest BCUT2D eigenvalue weighted by atomic mass is 10.2. The van der Waals surface area contributed by atoms with E-state index in [1.165, 1.54) is 11.3 Å². The molecule has 0 saturated heterocycles. The van der Waals surface area contributed by atoms with Crippen LogP contribution in [0.1, 0.15) is 21.1 Å². The Hall–Kier alpha value is -2.99. The lowest BCUT2D eigenvalue weighted by Gasteiger charge is -1.96. The minimum atomic E-state index is -0.325. The molecule has 2 aromatic carbocycles. The van der Waals surface area contributed by atoms with Crippen LogP contribution in [0.15, 0.2) is 65.1 Å². The number of anilines is 1. The third-order valence-corrected chi connectivity index (χ3v) is 4.37. The summed E-state index contributed by atoms with van der Waals surface area (Å²) in [7, 11) is 0. The first kappa shape index (κ1) is 14.6. The molecule has 4 rings (SSSR count). The topological polar surface area (TPSA) is 68.0 Å². The fourth-order valence-corrected chi connectivity index (χ4v) is 3.17. The molecular weight excluding hydrogens is 322 g/mol. The summed E-state index contributed by atoms with van der Waals surface area (Å²) in [6.07, 6.45) is 0.693. The van der Waals surface area contributed by atoms with Gasteiger partial charge in [0.15, 0.2) is 5.76 Å². The highest BCUT2D eigenvalue weighted by atomic mass is 32.1. The van der Waals surface area contributed by atoms with Crippen LogP contribution in [0.25, 0.3) is 11.0 Å². The van der Waals surface area contributed by atoms with Crippen LogP contribution in [0.2, 0.25) is 0 Å². The smallest absolute Gasteiger partial charge is 0.293 e. The molecule has 2 heterocycles. The molecule has 0 fully saturated rings. The Morgan fingerprint density at radius 1 is 1.04 bits per heavy atom. The van der Waals surface area contributed by atoms with Gasteiger partial charge in [-0.25, -0.2) is 0 Å². The van der Waals surface area contributed by atoms with Crippen molar-refractivity contribution in [1.29, 1.82) is 0 Å². The summed E-state index contributed by atoms with van der Waals surface area (Å²) < 4.78 is 5.55. The lowest BCUT2D eigenvalue weighted by molar-refractivity contribution is 0.0998. The van der Waals surface area contributed by atoms with Crippen molar-refractivity contribution in [3.63, 3.8) is 0 Å². The van der Waals surface area contributed by atoms with Crippen molar-refractivity contribution in [2.75, 3.05) is 5.32 Å². The second-order valence-corrected chi connectivity index (χ2v) is 6.33. The van der Waals surface area contributed by atoms with Gasteiger partial charge in [-0.1, -0.05) is 59.9 Å². The SMILES string of the molecule is O=C(Nc1nnc(Cc2ccccc2)s1)c1cc2ccccc2o1. The van der Waals surface area contributed by atoms with E-state index in [-0.39, 0.29) is 11.7 Å². The van der Waals surface area contributed by atoms with E-state index >= 15 is 0 Å². The van der Waals surface area contributed by atoms with Crippen molar-refractivity contribution >= 4 is 33.3 Å². The van der Waals surface area contributed by atoms with Gasteiger partial charge in [-0.2, -0.15) is 0 Å². The second kappa shape index (κ2) is 6.25. The molecule has 1 N–H and O–H groups in total. The Balaban J connectivity index is 1.48. The Kier molecular flexibility index (Phi) is 3.80. The summed E-state index contributed by atoms with van der Waals surface area (Å²) in [5.74, 6) is -0.0652. The number of para-hydroxylation sites is 1. The average molecular weight is 335 g/mol. The van der Waals surface area contributed by atoms with E-state index in [1.807, 2.05) is 54.6 Å². The first-order valence-electron chi connectivity index (χ1n) is 7.44.